The second-order valence-electron chi connectivity index (χ2n) is 5.30. The van der Waals surface area contributed by atoms with E-state index < -0.39 is 0 Å². The molecular formula is C14H20N2. The lowest BCUT2D eigenvalue weighted by molar-refractivity contribution is 0.244. The molecule has 0 saturated heterocycles. The van der Waals surface area contributed by atoms with Crippen molar-refractivity contribution in [2.45, 2.75) is 38.3 Å². The molecule has 86 valence electrons. The largest absolute Gasteiger partial charge is 0.398 e. The number of para-hydroxylation sites is 1. The van der Waals surface area contributed by atoms with Gasteiger partial charge < -0.3 is 5.73 Å². The first-order valence-electron chi connectivity index (χ1n) is 6.40. The molecule has 0 unspecified atom stereocenters. The molecule has 0 atom stereocenters. The standard InChI is InChI=1S/C14H20N2/c15-14-4-2-1-3-12(14)10-16(13-7-8-13)9-11-5-6-11/h1-4,11,13H,5-10,15H2. The number of benzene rings is 1. The van der Waals surface area contributed by atoms with Crippen molar-refractivity contribution < 1.29 is 0 Å². The average Bonchev–Trinajstić information content (AvgIpc) is 3.15. The Kier molecular flexibility index (Phi) is 2.60. The van der Waals surface area contributed by atoms with Crippen LogP contribution in [0.15, 0.2) is 24.3 Å². The molecule has 2 fully saturated rings. The predicted molar refractivity (Wildman–Crippen MR) is 67.0 cm³/mol. The van der Waals surface area contributed by atoms with Crippen LogP contribution in [0.5, 0.6) is 0 Å². The molecular weight excluding hydrogens is 196 g/mol. The Morgan fingerprint density at radius 1 is 1.12 bits per heavy atom. The molecule has 16 heavy (non-hydrogen) atoms. The maximum absolute atomic E-state index is 6.01. The van der Waals surface area contributed by atoms with Gasteiger partial charge >= 0.3 is 0 Å². The highest BCUT2D eigenvalue weighted by molar-refractivity contribution is 5.46. The molecule has 1 aromatic carbocycles. The van der Waals surface area contributed by atoms with Gasteiger partial charge in [-0.25, -0.2) is 0 Å². The third kappa shape index (κ3) is 2.38. The molecule has 1 aromatic rings. The van der Waals surface area contributed by atoms with Gasteiger partial charge in [-0.3, -0.25) is 4.90 Å². The molecule has 0 aromatic heterocycles. The number of hydrogen-bond acceptors (Lipinski definition) is 2. The van der Waals surface area contributed by atoms with E-state index >= 15 is 0 Å². The van der Waals surface area contributed by atoms with Gasteiger partial charge in [0.05, 0.1) is 0 Å². The van der Waals surface area contributed by atoms with Gasteiger partial charge in [0.15, 0.2) is 0 Å². The normalized spacial score (nSPS) is 20.3. The first kappa shape index (κ1) is 10.2. The quantitative estimate of drug-likeness (QED) is 0.767. The van der Waals surface area contributed by atoms with Crippen molar-refractivity contribution in [3.05, 3.63) is 29.8 Å². The second-order valence-corrected chi connectivity index (χ2v) is 5.30. The van der Waals surface area contributed by atoms with Gasteiger partial charge in [0, 0.05) is 24.8 Å². The van der Waals surface area contributed by atoms with Crippen LogP contribution in [-0.4, -0.2) is 17.5 Å². The Balaban J connectivity index is 1.67. The summed E-state index contributed by atoms with van der Waals surface area (Å²) in [7, 11) is 0. The highest BCUT2D eigenvalue weighted by Crippen LogP contribution is 2.36. The molecule has 0 radical (unpaired) electrons. The molecule has 0 spiro atoms. The third-order valence-corrected chi connectivity index (χ3v) is 3.68. The van der Waals surface area contributed by atoms with Gasteiger partial charge in [0.1, 0.15) is 0 Å². The average molecular weight is 216 g/mol. The SMILES string of the molecule is Nc1ccccc1CN(CC1CC1)C1CC1. The first-order chi connectivity index (χ1) is 7.83. The van der Waals surface area contributed by atoms with Crippen molar-refractivity contribution in [3.8, 4) is 0 Å². The summed E-state index contributed by atoms with van der Waals surface area (Å²) in [6.07, 6.45) is 5.65. The summed E-state index contributed by atoms with van der Waals surface area (Å²) in [6, 6.07) is 9.13. The fraction of sp³-hybridized carbons (Fsp3) is 0.571. The van der Waals surface area contributed by atoms with Gasteiger partial charge in [-0.15, -0.1) is 0 Å². The van der Waals surface area contributed by atoms with Crippen LogP contribution >= 0.6 is 0 Å². The second kappa shape index (κ2) is 4.10. The molecule has 0 amide bonds. The minimum Gasteiger partial charge on any atom is -0.398 e. The Morgan fingerprint density at radius 3 is 2.50 bits per heavy atom. The highest BCUT2D eigenvalue weighted by atomic mass is 15.2. The third-order valence-electron chi connectivity index (χ3n) is 3.68. The van der Waals surface area contributed by atoms with Crippen LogP contribution in [0, 0.1) is 5.92 Å². The van der Waals surface area contributed by atoms with Crippen LogP contribution in [0.25, 0.3) is 0 Å². The molecule has 3 rings (SSSR count). The van der Waals surface area contributed by atoms with Crippen molar-refractivity contribution >= 4 is 5.69 Å². The summed E-state index contributed by atoms with van der Waals surface area (Å²) in [6.45, 7) is 2.34. The van der Waals surface area contributed by atoms with Crippen molar-refractivity contribution in [1.29, 1.82) is 0 Å². The van der Waals surface area contributed by atoms with Crippen molar-refractivity contribution in [3.63, 3.8) is 0 Å². The highest BCUT2D eigenvalue weighted by Gasteiger charge is 2.33. The van der Waals surface area contributed by atoms with E-state index in [1.807, 2.05) is 12.1 Å². The Morgan fingerprint density at radius 2 is 1.88 bits per heavy atom. The lowest BCUT2D eigenvalue weighted by Crippen LogP contribution is -2.28. The summed E-state index contributed by atoms with van der Waals surface area (Å²) >= 11 is 0. The summed E-state index contributed by atoms with van der Waals surface area (Å²) in [5.41, 5.74) is 8.26. The fourth-order valence-corrected chi connectivity index (χ4v) is 2.31. The van der Waals surface area contributed by atoms with E-state index in [1.54, 1.807) is 0 Å². The summed E-state index contributed by atoms with van der Waals surface area (Å²) in [5, 5.41) is 0. The fourth-order valence-electron chi connectivity index (χ4n) is 2.31. The van der Waals surface area contributed by atoms with Crippen LogP contribution < -0.4 is 5.73 Å². The van der Waals surface area contributed by atoms with Crippen LogP contribution in [0.4, 0.5) is 5.69 Å². The van der Waals surface area contributed by atoms with Crippen molar-refractivity contribution in [2.24, 2.45) is 5.92 Å². The minimum absolute atomic E-state index is 0.847. The summed E-state index contributed by atoms with van der Waals surface area (Å²) < 4.78 is 0. The maximum Gasteiger partial charge on any atom is 0.0359 e. The number of nitrogens with zero attached hydrogens (tertiary/aromatic N) is 1. The number of hydrogen-bond donors (Lipinski definition) is 1. The summed E-state index contributed by atoms with van der Waals surface area (Å²) in [4.78, 5) is 2.64. The van der Waals surface area contributed by atoms with Gasteiger partial charge in [0.2, 0.25) is 0 Å². The number of rotatable bonds is 5. The molecule has 2 heteroatoms. The van der Waals surface area contributed by atoms with Gasteiger partial charge in [-0.2, -0.15) is 0 Å². The zero-order chi connectivity index (χ0) is 11.0. The molecule has 0 heterocycles. The first-order valence-corrected chi connectivity index (χ1v) is 6.40. The van der Waals surface area contributed by atoms with E-state index in [0.29, 0.717) is 0 Å². The van der Waals surface area contributed by atoms with E-state index in [1.165, 1.54) is 37.8 Å². The van der Waals surface area contributed by atoms with Crippen LogP contribution in [-0.2, 0) is 6.54 Å². The molecule has 2 N–H and O–H groups in total. The zero-order valence-electron chi connectivity index (χ0n) is 9.73. The van der Waals surface area contributed by atoms with Crippen LogP contribution in [0.1, 0.15) is 31.2 Å². The number of nitrogen functional groups attached to an aromatic ring is 1. The van der Waals surface area contributed by atoms with Crippen molar-refractivity contribution in [1.82, 2.24) is 4.90 Å². The molecule has 2 aliphatic rings. The van der Waals surface area contributed by atoms with Crippen LogP contribution in [0.3, 0.4) is 0 Å². The molecule has 2 aliphatic carbocycles. The summed E-state index contributed by atoms with van der Waals surface area (Å²) in [5.74, 6) is 0.977. The van der Waals surface area contributed by atoms with Crippen LogP contribution in [0.2, 0.25) is 0 Å². The van der Waals surface area contributed by atoms with E-state index in [4.69, 9.17) is 5.73 Å². The Labute approximate surface area is 97.4 Å². The monoisotopic (exact) mass is 216 g/mol. The Bertz CT molecular complexity index is 367. The molecule has 2 nitrogen and oxygen atoms in total. The van der Waals surface area contributed by atoms with Crippen molar-refractivity contribution in [2.75, 3.05) is 12.3 Å². The molecule has 0 aliphatic heterocycles. The predicted octanol–water partition coefficient (Wildman–Crippen LogP) is 2.64. The Hall–Kier alpha value is -1.02. The minimum atomic E-state index is 0.847. The maximum atomic E-state index is 6.01. The zero-order valence-corrected chi connectivity index (χ0v) is 9.73. The van der Waals surface area contributed by atoms with Gasteiger partial charge in [0.25, 0.3) is 0 Å². The van der Waals surface area contributed by atoms with E-state index in [0.717, 1.165) is 24.2 Å². The molecule has 2 saturated carbocycles. The molecule has 0 bridgehead atoms. The van der Waals surface area contributed by atoms with E-state index in [-0.39, 0.29) is 0 Å². The lowest BCUT2D eigenvalue weighted by Gasteiger charge is -2.22. The van der Waals surface area contributed by atoms with Gasteiger partial charge in [-0.05, 0) is 43.2 Å². The number of anilines is 1. The van der Waals surface area contributed by atoms with E-state index in [9.17, 15) is 0 Å². The lowest BCUT2D eigenvalue weighted by atomic mass is 10.1. The smallest absolute Gasteiger partial charge is 0.0359 e. The van der Waals surface area contributed by atoms with Gasteiger partial charge in [-0.1, -0.05) is 18.2 Å². The topological polar surface area (TPSA) is 29.3 Å². The number of nitrogens with two attached hydrogens (primary N) is 1. The van der Waals surface area contributed by atoms with E-state index in [2.05, 4.69) is 17.0 Å².